The minimum Gasteiger partial charge on any atom is -0.350 e. The molecule has 1 aliphatic carbocycles. The third kappa shape index (κ3) is 3.11. The first kappa shape index (κ1) is 14.8. The molecule has 1 fully saturated rings. The number of hydrogen-bond donors (Lipinski definition) is 1. The van der Waals surface area contributed by atoms with Gasteiger partial charge in [0.1, 0.15) is 17.2 Å². The van der Waals surface area contributed by atoms with Crippen LogP contribution < -0.4 is 5.32 Å². The summed E-state index contributed by atoms with van der Waals surface area (Å²) in [6.07, 6.45) is 5.18. The van der Waals surface area contributed by atoms with Gasteiger partial charge in [0.25, 0.3) is 5.91 Å². The zero-order chi connectivity index (χ0) is 14.0. The van der Waals surface area contributed by atoms with Gasteiger partial charge in [-0.15, -0.1) is 0 Å². The van der Waals surface area contributed by atoms with Gasteiger partial charge < -0.3 is 5.32 Å². The number of thioether (sulfide) groups is 1. The molecule has 104 valence electrons. The molecule has 0 unspecified atom stereocenters. The van der Waals surface area contributed by atoms with Crippen LogP contribution in [0.1, 0.15) is 29.6 Å². The van der Waals surface area contributed by atoms with Crippen LogP contribution in [0.4, 0.5) is 8.78 Å². The van der Waals surface area contributed by atoms with Gasteiger partial charge in [-0.1, -0.05) is 22.4 Å². The van der Waals surface area contributed by atoms with Crippen LogP contribution in [-0.2, 0) is 0 Å². The summed E-state index contributed by atoms with van der Waals surface area (Å²) in [6, 6.07) is 2.18. The normalized spacial score (nSPS) is 16.8. The number of amides is 1. The van der Waals surface area contributed by atoms with Crippen molar-refractivity contribution in [3.63, 3.8) is 0 Å². The predicted molar refractivity (Wildman–Crippen MR) is 76.5 cm³/mol. The molecule has 1 aromatic rings. The highest BCUT2D eigenvalue weighted by atomic mass is 79.9. The molecule has 6 heteroatoms. The maximum absolute atomic E-state index is 13.6. The van der Waals surface area contributed by atoms with Gasteiger partial charge in [0, 0.05) is 15.8 Å². The van der Waals surface area contributed by atoms with E-state index < -0.39 is 23.1 Å². The molecule has 1 aliphatic rings. The summed E-state index contributed by atoms with van der Waals surface area (Å²) in [6.45, 7) is 0.446. The Morgan fingerprint density at radius 1 is 1.42 bits per heavy atom. The summed E-state index contributed by atoms with van der Waals surface area (Å²) < 4.78 is 27.6. The van der Waals surface area contributed by atoms with Gasteiger partial charge in [0.15, 0.2) is 0 Å². The molecule has 1 saturated carbocycles. The van der Waals surface area contributed by atoms with Crippen LogP contribution >= 0.6 is 27.7 Å². The van der Waals surface area contributed by atoms with Gasteiger partial charge >= 0.3 is 0 Å². The Morgan fingerprint density at radius 3 is 2.42 bits per heavy atom. The number of benzene rings is 1. The van der Waals surface area contributed by atoms with Crippen molar-refractivity contribution < 1.29 is 13.6 Å². The minimum absolute atomic E-state index is 0.0397. The number of halogens is 3. The Kier molecular flexibility index (Phi) is 4.50. The van der Waals surface area contributed by atoms with E-state index in [1.54, 1.807) is 11.8 Å². The van der Waals surface area contributed by atoms with E-state index in [-0.39, 0.29) is 9.22 Å². The van der Waals surface area contributed by atoms with Crippen LogP contribution in [0.3, 0.4) is 0 Å². The highest BCUT2D eigenvalue weighted by Gasteiger charge is 2.36. The van der Waals surface area contributed by atoms with E-state index in [2.05, 4.69) is 21.2 Å². The predicted octanol–water partition coefficient (Wildman–Crippen LogP) is 3.74. The zero-order valence-electron chi connectivity index (χ0n) is 10.4. The largest absolute Gasteiger partial charge is 0.350 e. The van der Waals surface area contributed by atoms with E-state index in [4.69, 9.17) is 0 Å². The van der Waals surface area contributed by atoms with Crippen LogP contribution in [0.5, 0.6) is 0 Å². The Morgan fingerprint density at radius 2 is 2.00 bits per heavy atom. The molecular formula is C13H14BrF2NOS. The summed E-state index contributed by atoms with van der Waals surface area (Å²) in [5.41, 5.74) is -0.515. The van der Waals surface area contributed by atoms with Crippen molar-refractivity contribution >= 4 is 33.6 Å². The third-order valence-electron chi connectivity index (χ3n) is 3.50. The molecule has 1 N–H and O–H groups in total. The molecule has 0 saturated heterocycles. The van der Waals surface area contributed by atoms with Crippen molar-refractivity contribution in [1.29, 1.82) is 0 Å². The van der Waals surface area contributed by atoms with Crippen molar-refractivity contribution in [3.05, 3.63) is 33.8 Å². The molecule has 0 spiro atoms. The molecule has 1 amide bonds. The maximum Gasteiger partial charge on any atom is 0.257 e. The molecule has 0 heterocycles. The second kappa shape index (κ2) is 5.79. The Labute approximate surface area is 123 Å². The first-order valence-electron chi connectivity index (χ1n) is 5.95. The molecule has 2 rings (SSSR count). The Bertz CT molecular complexity index is 477. The molecule has 2 nitrogen and oxygen atoms in total. The average molecular weight is 350 g/mol. The lowest BCUT2D eigenvalue weighted by molar-refractivity contribution is 0.0935. The van der Waals surface area contributed by atoms with Gasteiger partial charge in [-0.05, 0) is 31.2 Å². The van der Waals surface area contributed by atoms with Crippen molar-refractivity contribution in [3.8, 4) is 0 Å². The van der Waals surface area contributed by atoms with Crippen molar-refractivity contribution in [2.75, 3.05) is 12.8 Å². The van der Waals surface area contributed by atoms with Crippen LogP contribution in [0.15, 0.2) is 16.6 Å². The summed E-state index contributed by atoms with van der Waals surface area (Å²) in [7, 11) is 0. The fourth-order valence-corrected chi connectivity index (χ4v) is 3.43. The van der Waals surface area contributed by atoms with Gasteiger partial charge in [-0.25, -0.2) is 8.78 Å². The molecule has 0 aliphatic heterocycles. The lowest BCUT2D eigenvalue weighted by atomic mass is 9.84. The van der Waals surface area contributed by atoms with Crippen LogP contribution in [0.25, 0.3) is 0 Å². The molecule has 0 atom stereocenters. The fraction of sp³-hybridized carbons (Fsp3) is 0.462. The number of rotatable bonds is 4. The van der Waals surface area contributed by atoms with Crippen LogP contribution in [0, 0.1) is 11.6 Å². The van der Waals surface area contributed by atoms with E-state index in [9.17, 15) is 13.6 Å². The third-order valence-corrected chi connectivity index (χ3v) is 5.38. The molecule has 1 aromatic carbocycles. The van der Waals surface area contributed by atoms with E-state index in [1.165, 1.54) is 0 Å². The quantitative estimate of drug-likeness (QED) is 0.896. The average Bonchev–Trinajstić information content (AvgIpc) is 2.26. The number of carbonyl (C=O) groups is 1. The number of nitrogens with one attached hydrogen (secondary N) is 1. The summed E-state index contributed by atoms with van der Waals surface area (Å²) in [5, 5.41) is 2.64. The first-order chi connectivity index (χ1) is 8.97. The smallest absolute Gasteiger partial charge is 0.257 e. The van der Waals surface area contributed by atoms with Crippen molar-refractivity contribution in [2.24, 2.45) is 0 Å². The highest BCUT2D eigenvalue weighted by Crippen LogP contribution is 2.42. The van der Waals surface area contributed by atoms with Crippen molar-refractivity contribution in [2.45, 2.75) is 24.0 Å². The first-order valence-corrected chi connectivity index (χ1v) is 7.97. The zero-order valence-corrected chi connectivity index (χ0v) is 12.8. The maximum atomic E-state index is 13.6. The summed E-state index contributed by atoms with van der Waals surface area (Å²) in [4.78, 5) is 11.9. The molecule has 0 bridgehead atoms. The van der Waals surface area contributed by atoms with E-state index in [0.717, 1.165) is 31.4 Å². The molecule has 19 heavy (non-hydrogen) atoms. The van der Waals surface area contributed by atoms with Crippen LogP contribution in [-0.4, -0.2) is 23.5 Å². The SMILES string of the molecule is CSC1(CNC(=O)c2c(F)cc(Br)cc2F)CCC1. The summed E-state index contributed by atoms with van der Waals surface area (Å²) in [5.74, 6) is -2.39. The van der Waals surface area contributed by atoms with Crippen molar-refractivity contribution in [1.82, 2.24) is 5.32 Å². The standard InChI is InChI=1S/C13H14BrF2NOS/c1-19-13(3-2-4-13)7-17-12(18)11-9(15)5-8(14)6-10(11)16/h5-6H,2-4,7H2,1H3,(H,17,18). The van der Waals surface area contributed by atoms with E-state index in [0.29, 0.717) is 6.54 Å². The molecule has 0 radical (unpaired) electrons. The monoisotopic (exact) mass is 349 g/mol. The van der Waals surface area contributed by atoms with E-state index in [1.807, 2.05) is 6.26 Å². The second-order valence-electron chi connectivity index (χ2n) is 4.67. The Hall–Kier alpha value is -0.620. The van der Waals surface area contributed by atoms with Crippen LogP contribution in [0.2, 0.25) is 0 Å². The van der Waals surface area contributed by atoms with Gasteiger partial charge in [-0.3, -0.25) is 4.79 Å². The molecular weight excluding hydrogens is 336 g/mol. The van der Waals surface area contributed by atoms with Gasteiger partial charge in [-0.2, -0.15) is 11.8 Å². The number of hydrogen-bond acceptors (Lipinski definition) is 2. The number of carbonyl (C=O) groups excluding carboxylic acids is 1. The van der Waals surface area contributed by atoms with Gasteiger partial charge in [0.05, 0.1) is 0 Å². The minimum atomic E-state index is -0.851. The topological polar surface area (TPSA) is 29.1 Å². The summed E-state index contributed by atoms with van der Waals surface area (Å²) >= 11 is 4.68. The van der Waals surface area contributed by atoms with Gasteiger partial charge in [0.2, 0.25) is 0 Å². The fourth-order valence-electron chi connectivity index (χ4n) is 2.11. The van der Waals surface area contributed by atoms with E-state index >= 15 is 0 Å². The Balaban J connectivity index is 2.08. The lowest BCUT2D eigenvalue weighted by Crippen LogP contribution is -2.45. The lowest BCUT2D eigenvalue weighted by Gasteiger charge is -2.40. The highest BCUT2D eigenvalue weighted by molar-refractivity contribution is 9.10. The second-order valence-corrected chi connectivity index (χ2v) is 6.86. The molecule has 0 aromatic heterocycles.